The SMILES string of the molecule is Cc1ccc(CN2C(=O)CCC2CC(=O)NC(C)C)cc1. The molecule has 2 rings (SSSR count). The van der Waals surface area contributed by atoms with Gasteiger partial charge in [0.25, 0.3) is 0 Å². The van der Waals surface area contributed by atoms with E-state index in [0.717, 1.165) is 12.0 Å². The molecule has 1 aromatic rings. The van der Waals surface area contributed by atoms with E-state index in [1.54, 1.807) is 0 Å². The molecule has 2 amide bonds. The topological polar surface area (TPSA) is 49.4 Å². The molecular formula is C17H24N2O2. The van der Waals surface area contributed by atoms with Gasteiger partial charge in [-0.2, -0.15) is 0 Å². The zero-order chi connectivity index (χ0) is 15.4. The van der Waals surface area contributed by atoms with Crippen molar-refractivity contribution in [2.45, 2.75) is 58.7 Å². The summed E-state index contributed by atoms with van der Waals surface area (Å²) in [4.78, 5) is 25.8. The summed E-state index contributed by atoms with van der Waals surface area (Å²) in [6, 6.07) is 8.36. The molecule has 1 aliphatic heterocycles. The molecule has 1 aliphatic rings. The van der Waals surface area contributed by atoms with Gasteiger partial charge in [0.1, 0.15) is 0 Å². The van der Waals surface area contributed by atoms with E-state index in [0.29, 0.717) is 19.4 Å². The van der Waals surface area contributed by atoms with Crippen LogP contribution in [0, 0.1) is 6.92 Å². The Hall–Kier alpha value is -1.84. The van der Waals surface area contributed by atoms with Crippen molar-refractivity contribution < 1.29 is 9.59 Å². The minimum absolute atomic E-state index is 0.0255. The fourth-order valence-electron chi connectivity index (χ4n) is 2.71. The highest BCUT2D eigenvalue weighted by Gasteiger charge is 2.32. The molecule has 1 aromatic carbocycles. The Morgan fingerprint density at radius 3 is 2.62 bits per heavy atom. The second-order valence-corrected chi connectivity index (χ2v) is 6.13. The zero-order valence-electron chi connectivity index (χ0n) is 13.1. The Labute approximate surface area is 126 Å². The van der Waals surface area contributed by atoms with Gasteiger partial charge in [0.05, 0.1) is 0 Å². The monoisotopic (exact) mass is 288 g/mol. The molecule has 4 nitrogen and oxygen atoms in total. The Bertz CT molecular complexity index is 508. The first-order valence-electron chi connectivity index (χ1n) is 7.60. The lowest BCUT2D eigenvalue weighted by Gasteiger charge is -2.25. The summed E-state index contributed by atoms with van der Waals surface area (Å²) >= 11 is 0. The van der Waals surface area contributed by atoms with Crippen LogP contribution in [-0.4, -0.2) is 28.8 Å². The van der Waals surface area contributed by atoms with Crippen LogP contribution >= 0.6 is 0 Å². The molecule has 21 heavy (non-hydrogen) atoms. The molecule has 0 aliphatic carbocycles. The van der Waals surface area contributed by atoms with E-state index < -0.39 is 0 Å². The standard InChI is InChI=1S/C17H24N2O2/c1-12(2)18-16(20)10-15-8-9-17(21)19(15)11-14-6-4-13(3)5-7-14/h4-7,12,15H,8-11H2,1-3H3,(H,18,20). The van der Waals surface area contributed by atoms with Crippen molar-refractivity contribution in [3.63, 3.8) is 0 Å². The molecule has 0 spiro atoms. The van der Waals surface area contributed by atoms with Crippen LogP contribution in [-0.2, 0) is 16.1 Å². The lowest BCUT2D eigenvalue weighted by molar-refractivity contribution is -0.130. The molecule has 0 saturated carbocycles. The van der Waals surface area contributed by atoms with E-state index in [1.807, 2.05) is 37.8 Å². The molecule has 0 aromatic heterocycles. The summed E-state index contributed by atoms with van der Waals surface area (Å²) in [5.74, 6) is 0.177. The predicted octanol–water partition coefficient (Wildman–Crippen LogP) is 2.40. The summed E-state index contributed by atoms with van der Waals surface area (Å²) in [6.45, 7) is 6.53. The third kappa shape index (κ3) is 4.31. The lowest BCUT2D eigenvalue weighted by atomic mass is 10.1. The number of carbonyl (C=O) groups excluding carboxylic acids is 2. The Balaban J connectivity index is 1.99. The van der Waals surface area contributed by atoms with Crippen molar-refractivity contribution in [3.05, 3.63) is 35.4 Å². The number of hydrogen-bond acceptors (Lipinski definition) is 2. The Morgan fingerprint density at radius 1 is 1.33 bits per heavy atom. The maximum absolute atomic E-state index is 12.1. The highest BCUT2D eigenvalue weighted by molar-refractivity contribution is 5.82. The van der Waals surface area contributed by atoms with Crippen LogP contribution < -0.4 is 5.32 Å². The third-order valence-corrected chi connectivity index (χ3v) is 3.80. The largest absolute Gasteiger partial charge is 0.354 e. The first-order chi connectivity index (χ1) is 9.95. The fourth-order valence-corrected chi connectivity index (χ4v) is 2.71. The molecule has 1 atom stereocenters. The van der Waals surface area contributed by atoms with Crippen molar-refractivity contribution in [2.75, 3.05) is 0 Å². The zero-order valence-corrected chi connectivity index (χ0v) is 13.1. The van der Waals surface area contributed by atoms with E-state index in [9.17, 15) is 9.59 Å². The average molecular weight is 288 g/mol. The van der Waals surface area contributed by atoms with Crippen molar-refractivity contribution >= 4 is 11.8 Å². The Morgan fingerprint density at radius 2 is 2.00 bits per heavy atom. The van der Waals surface area contributed by atoms with Crippen LogP contribution in [0.3, 0.4) is 0 Å². The molecule has 1 unspecified atom stereocenters. The number of benzene rings is 1. The summed E-state index contributed by atoms with van der Waals surface area (Å²) in [7, 11) is 0. The van der Waals surface area contributed by atoms with Gasteiger partial charge in [-0.15, -0.1) is 0 Å². The van der Waals surface area contributed by atoms with Crippen LogP contribution in [0.15, 0.2) is 24.3 Å². The molecule has 1 heterocycles. The minimum atomic E-state index is 0.0255. The van der Waals surface area contributed by atoms with Crippen LogP contribution in [0.5, 0.6) is 0 Å². The van der Waals surface area contributed by atoms with Gasteiger partial charge in [0.2, 0.25) is 11.8 Å². The molecule has 114 valence electrons. The molecule has 1 N–H and O–H groups in total. The van der Waals surface area contributed by atoms with Crippen LogP contribution in [0.4, 0.5) is 0 Å². The quantitative estimate of drug-likeness (QED) is 0.904. The van der Waals surface area contributed by atoms with Gasteiger partial charge in [0.15, 0.2) is 0 Å². The summed E-state index contributed by atoms with van der Waals surface area (Å²) in [5, 5.41) is 2.90. The van der Waals surface area contributed by atoms with Gasteiger partial charge in [-0.05, 0) is 32.8 Å². The number of nitrogens with one attached hydrogen (secondary N) is 1. The van der Waals surface area contributed by atoms with E-state index >= 15 is 0 Å². The average Bonchev–Trinajstić information content (AvgIpc) is 2.73. The third-order valence-electron chi connectivity index (χ3n) is 3.80. The number of likely N-dealkylation sites (tertiary alicyclic amines) is 1. The van der Waals surface area contributed by atoms with Gasteiger partial charge in [0, 0.05) is 31.5 Å². The van der Waals surface area contributed by atoms with Crippen LogP contribution in [0.25, 0.3) is 0 Å². The van der Waals surface area contributed by atoms with Crippen molar-refractivity contribution in [3.8, 4) is 0 Å². The molecule has 0 radical (unpaired) electrons. The first-order valence-corrected chi connectivity index (χ1v) is 7.60. The molecule has 1 fully saturated rings. The molecule has 1 saturated heterocycles. The number of carbonyl (C=O) groups is 2. The summed E-state index contributed by atoms with van der Waals surface area (Å²) in [6.07, 6.45) is 1.72. The highest BCUT2D eigenvalue weighted by Crippen LogP contribution is 2.24. The summed E-state index contributed by atoms with van der Waals surface area (Å²) < 4.78 is 0. The molecular weight excluding hydrogens is 264 g/mol. The molecule has 0 bridgehead atoms. The second kappa shape index (κ2) is 6.74. The smallest absolute Gasteiger partial charge is 0.223 e. The van der Waals surface area contributed by atoms with Gasteiger partial charge >= 0.3 is 0 Å². The highest BCUT2D eigenvalue weighted by atomic mass is 16.2. The van der Waals surface area contributed by atoms with Gasteiger partial charge in [-0.1, -0.05) is 29.8 Å². The van der Waals surface area contributed by atoms with Gasteiger partial charge in [-0.3, -0.25) is 9.59 Å². The van der Waals surface area contributed by atoms with E-state index in [4.69, 9.17) is 0 Å². The Kier molecular flexibility index (Phi) is 4.99. The summed E-state index contributed by atoms with van der Waals surface area (Å²) in [5.41, 5.74) is 2.32. The first kappa shape index (κ1) is 15.5. The number of aryl methyl sites for hydroxylation is 1. The van der Waals surface area contributed by atoms with Crippen LogP contribution in [0.2, 0.25) is 0 Å². The molecule has 4 heteroatoms. The lowest BCUT2D eigenvalue weighted by Crippen LogP contribution is -2.38. The number of nitrogens with zero attached hydrogens (tertiary/aromatic N) is 1. The maximum Gasteiger partial charge on any atom is 0.223 e. The number of hydrogen-bond donors (Lipinski definition) is 1. The second-order valence-electron chi connectivity index (χ2n) is 6.13. The number of rotatable bonds is 5. The van der Waals surface area contributed by atoms with Crippen molar-refractivity contribution in [2.24, 2.45) is 0 Å². The minimum Gasteiger partial charge on any atom is -0.354 e. The maximum atomic E-state index is 12.1. The number of amides is 2. The van der Waals surface area contributed by atoms with E-state index in [-0.39, 0.29) is 23.9 Å². The van der Waals surface area contributed by atoms with Gasteiger partial charge in [-0.25, -0.2) is 0 Å². The van der Waals surface area contributed by atoms with E-state index in [1.165, 1.54) is 5.56 Å². The predicted molar refractivity (Wildman–Crippen MR) is 82.6 cm³/mol. The van der Waals surface area contributed by atoms with Gasteiger partial charge < -0.3 is 10.2 Å². The van der Waals surface area contributed by atoms with E-state index in [2.05, 4.69) is 17.4 Å². The van der Waals surface area contributed by atoms with Crippen molar-refractivity contribution in [1.29, 1.82) is 0 Å². The van der Waals surface area contributed by atoms with Crippen molar-refractivity contribution in [1.82, 2.24) is 10.2 Å². The fraction of sp³-hybridized carbons (Fsp3) is 0.529. The van der Waals surface area contributed by atoms with Crippen LogP contribution in [0.1, 0.15) is 44.2 Å². The normalized spacial score (nSPS) is 18.4.